The van der Waals surface area contributed by atoms with E-state index in [0.29, 0.717) is 12.0 Å². The molecule has 1 aliphatic rings. The van der Waals surface area contributed by atoms with Gasteiger partial charge in [-0.3, -0.25) is 0 Å². The van der Waals surface area contributed by atoms with Crippen molar-refractivity contribution >= 4 is 0 Å². The molecular weight excluding hydrogens is 263 g/mol. The highest BCUT2D eigenvalue weighted by Gasteiger charge is 2.37. The van der Waals surface area contributed by atoms with E-state index in [0.717, 1.165) is 12.5 Å². The fourth-order valence-corrected chi connectivity index (χ4v) is 2.43. The van der Waals surface area contributed by atoms with Crippen molar-refractivity contribution in [3.63, 3.8) is 0 Å². The summed E-state index contributed by atoms with van der Waals surface area (Å²) < 4.78 is 39.4. The minimum Gasteiger partial charge on any atom is -0.309 e. The zero-order valence-electron chi connectivity index (χ0n) is 10.7. The smallest absolute Gasteiger partial charge is 0.161 e. The van der Waals surface area contributed by atoms with Crippen molar-refractivity contribution < 1.29 is 13.2 Å². The van der Waals surface area contributed by atoms with E-state index in [1.165, 1.54) is 5.56 Å². The topological polar surface area (TPSA) is 12.0 Å². The van der Waals surface area contributed by atoms with E-state index in [9.17, 15) is 13.2 Å². The summed E-state index contributed by atoms with van der Waals surface area (Å²) in [6.07, 6.45) is 0.981. The van der Waals surface area contributed by atoms with Gasteiger partial charge in [-0.25, -0.2) is 13.2 Å². The fraction of sp³-hybridized carbons (Fsp3) is 0.250. The van der Waals surface area contributed by atoms with Crippen molar-refractivity contribution in [2.75, 3.05) is 0 Å². The molecule has 104 valence electrons. The summed E-state index contributed by atoms with van der Waals surface area (Å²) in [6, 6.07) is 11.8. The Bertz CT molecular complexity index is 613. The first-order valence-corrected chi connectivity index (χ1v) is 6.57. The van der Waals surface area contributed by atoms with Crippen LogP contribution in [0.3, 0.4) is 0 Å². The van der Waals surface area contributed by atoms with Gasteiger partial charge < -0.3 is 5.32 Å². The maximum Gasteiger partial charge on any atom is 0.161 e. The third-order valence-electron chi connectivity index (χ3n) is 3.66. The van der Waals surface area contributed by atoms with Crippen LogP contribution < -0.4 is 5.32 Å². The van der Waals surface area contributed by atoms with Crippen LogP contribution in [-0.4, -0.2) is 6.04 Å². The van der Waals surface area contributed by atoms with Crippen LogP contribution in [0.5, 0.6) is 0 Å². The average molecular weight is 277 g/mol. The van der Waals surface area contributed by atoms with Crippen LogP contribution in [0, 0.1) is 17.5 Å². The molecule has 0 aliphatic heterocycles. The molecule has 0 spiro atoms. The average Bonchev–Trinajstić information content (AvgIpc) is 3.22. The van der Waals surface area contributed by atoms with Crippen molar-refractivity contribution in [2.45, 2.75) is 24.9 Å². The summed E-state index contributed by atoms with van der Waals surface area (Å²) >= 11 is 0. The van der Waals surface area contributed by atoms with Crippen LogP contribution in [0.4, 0.5) is 13.2 Å². The lowest BCUT2D eigenvalue weighted by molar-refractivity contribution is 0.486. The molecule has 4 heteroatoms. The lowest BCUT2D eigenvalue weighted by Gasteiger charge is -2.06. The molecule has 2 atom stereocenters. The summed E-state index contributed by atoms with van der Waals surface area (Å²) in [6.45, 7) is 0.205. The van der Waals surface area contributed by atoms with Gasteiger partial charge in [-0.1, -0.05) is 30.3 Å². The van der Waals surface area contributed by atoms with Gasteiger partial charge >= 0.3 is 0 Å². The van der Waals surface area contributed by atoms with Gasteiger partial charge in [-0.2, -0.15) is 0 Å². The SMILES string of the molecule is Fc1cc(F)c(CNC2CC2c2ccccc2)cc1F. The van der Waals surface area contributed by atoms with Crippen molar-refractivity contribution in [1.29, 1.82) is 0 Å². The van der Waals surface area contributed by atoms with Crippen LogP contribution in [-0.2, 0) is 6.54 Å². The molecule has 2 unspecified atom stereocenters. The quantitative estimate of drug-likeness (QED) is 0.839. The maximum atomic E-state index is 13.5. The summed E-state index contributed by atoms with van der Waals surface area (Å²) in [5.74, 6) is -2.46. The van der Waals surface area contributed by atoms with Gasteiger partial charge in [0, 0.05) is 30.1 Å². The minimum atomic E-state index is -1.15. The number of halogens is 3. The maximum absolute atomic E-state index is 13.5. The first kappa shape index (κ1) is 13.2. The number of rotatable bonds is 4. The van der Waals surface area contributed by atoms with Crippen molar-refractivity contribution in [1.82, 2.24) is 5.32 Å². The molecule has 0 saturated heterocycles. The third kappa shape index (κ3) is 2.70. The second kappa shape index (κ2) is 5.29. The number of hydrogen-bond donors (Lipinski definition) is 1. The molecule has 0 bridgehead atoms. The highest BCUT2D eigenvalue weighted by Crippen LogP contribution is 2.40. The molecular formula is C16H14F3N. The Morgan fingerprint density at radius 2 is 1.65 bits per heavy atom. The Balaban J connectivity index is 1.61. The van der Waals surface area contributed by atoms with Crippen LogP contribution >= 0.6 is 0 Å². The predicted octanol–water partition coefficient (Wildman–Crippen LogP) is 3.75. The highest BCUT2D eigenvalue weighted by molar-refractivity contribution is 5.28. The predicted molar refractivity (Wildman–Crippen MR) is 70.7 cm³/mol. The molecule has 2 aromatic rings. The molecule has 0 heterocycles. The number of nitrogens with one attached hydrogen (secondary N) is 1. The Kier molecular flexibility index (Phi) is 3.49. The van der Waals surface area contributed by atoms with Crippen LogP contribution in [0.2, 0.25) is 0 Å². The van der Waals surface area contributed by atoms with Gasteiger partial charge in [0.1, 0.15) is 5.82 Å². The van der Waals surface area contributed by atoms with Gasteiger partial charge in [0.2, 0.25) is 0 Å². The largest absolute Gasteiger partial charge is 0.309 e. The molecule has 2 aromatic carbocycles. The Morgan fingerprint density at radius 3 is 2.40 bits per heavy atom. The second-order valence-corrected chi connectivity index (χ2v) is 5.10. The van der Waals surface area contributed by atoms with Crippen molar-refractivity contribution in [3.8, 4) is 0 Å². The molecule has 1 N–H and O–H groups in total. The molecule has 1 nitrogen and oxygen atoms in total. The standard InChI is InChI=1S/C16H14F3N/c17-13-8-15(19)14(18)6-11(13)9-20-16-7-12(16)10-4-2-1-3-5-10/h1-6,8,12,16,20H,7,9H2. The van der Waals surface area contributed by atoms with E-state index < -0.39 is 17.5 Å². The van der Waals surface area contributed by atoms with Crippen LogP contribution in [0.1, 0.15) is 23.5 Å². The van der Waals surface area contributed by atoms with Gasteiger partial charge in [0.15, 0.2) is 11.6 Å². The molecule has 20 heavy (non-hydrogen) atoms. The normalized spacial score (nSPS) is 20.9. The van der Waals surface area contributed by atoms with Gasteiger partial charge in [0.25, 0.3) is 0 Å². The van der Waals surface area contributed by atoms with E-state index in [2.05, 4.69) is 17.4 Å². The van der Waals surface area contributed by atoms with Gasteiger partial charge in [0.05, 0.1) is 0 Å². The van der Waals surface area contributed by atoms with E-state index in [-0.39, 0.29) is 18.2 Å². The highest BCUT2D eigenvalue weighted by atomic mass is 19.2. The van der Waals surface area contributed by atoms with E-state index in [1.807, 2.05) is 18.2 Å². The summed E-state index contributed by atoms with van der Waals surface area (Å²) in [5, 5.41) is 3.18. The van der Waals surface area contributed by atoms with Crippen molar-refractivity contribution in [2.24, 2.45) is 0 Å². The van der Waals surface area contributed by atoms with Crippen LogP contribution in [0.25, 0.3) is 0 Å². The molecule has 1 saturated carbocycles. The molecule has 1 fully saturated rings. The summed E-state index contributed by atoms with van der Waals surface area (Å²) in [4.78, 5) is 0. The fourth-order valence-electron chi connectivity index (χ4n) is 2.43. The summed E-state index contributed by atoms with van der Waals surface area (Å²) in [5.41, 5.74) is 1.40. The Morgan fingerprint density at radius 1 is 0.950 bits per heavy atom. The van der Waals surface area contributed by atoms with E-state index >= 15 is 0 Å². The van der Waals surface area contributed by atoms with E-state index in [4.69, 9.17) is 0 Å². The monoisotopic (exact) mass is 277 g/mol. The molecule has 0 radical (unpaired) electrons. The lowest BCUT2D eigenvalue weighted by Crippen LogP contribution is -2.18. The van der Waals surface area contributed by atoms with Crippen molar-refractivity contribution in [3.05, 3.63) is 71.0 Å². The molecule has 0 aromatic heterocycles. The van der Waals surface area contributed by atoms with Gasteiger partial charge in [-0.05, 0) is 18.1 Å². The second-order valence-electron chi connectivity index (χ2n) is 5.10. The lowest BCUT2D eigenvalue weighted by atomic mass is 10.1. The Labute approximate surface area is 115 Å². The van der Waals surface area contributed by atoms with Crippen LogP contribution in [0.15, 0.2) is 42.5 Å². The number of benzene rings is 2. The van der Waals surface area contributed by atoms with E-state index in [1.54, 1.807) is 0 Å². The molecule has 1 aliphatic carbocycles. The Hall–Kier alpha value is -1.81. The zero-order valence-corrected chi connectivity index (χ0v) is 10.7. The summed E-state index contributed by atoms with van der Waals surface area (Å²) in [7, 11) is 0. The first-order chi connectivity index (χ1) is 9.65. The minimum absolute atomic E-state index is 0.155. The first-order valence-electron chi connectivity index (χ1n) is 6.57. The van der Waals surface area contributed by atoms with Gasteiger partial charge in [-0.15, -0.1) is 0 Å². The zero-order chi connectivity index (χ0) is 14.1. The molecule has 3 rings (SSSR count). The number of hydrogen-bond acceptors (Lipinski definition) is 1. The molecule has 0 amide bonds. The third-order valence-corrected chi connectivity index (χ3v) is 3.66.